The number of benzene rings is 1. The van der Waals surface area contributed by atoms with Gasteiger partial charge in [0.25, 0.3) is 5.91 Å². The quantitative estimate of drug-likeness (QED) is 0.782. The van der Waals surface area contributed by atoms with E-state index in [1.807, 2.05) is 23.1 Å². The van der Waals surface area contributed by atoms with Gasteiger partial charge in [-0.05, 0) is 17.7 Å². The van der Waals surface area contributed by atoms with E-state index in [2.05, 4.69) is 51.2 Å². The summed E-state index contributed by atoms with van der Waals surface area (Å²) < 4.78 is 5.34. The summed E-state index contributed by atoms with van der Waals surface area (Å²) in [4.78, 5) is 23.8. The Balaban J connectivity index is 1.30. The van der Waals surface area contributed by atoms with Gasteiger partial charge < -0.3 is 14.5 Å². The number of pyridine rings is 1. The summed E-state index contributed by atoms with van der Waals surface area (Å²) in [5, 5.41) is 0. The third kappa shape index (κ3) is 5.22. The van der Waals surface area contributed by atoms with E-state index >= 15 is 0 Å². The smallest absolute Gasteiger partial charge is 0.254 e. The molecule has 4 rings (SSSR count). The first-order valence-electron chi connectivity index (χ1n) is 10.3. The van der Waals surface area contributed by atoms with E-state index < -0.39 is 0 Å². The Morgan fingerprint density at radius 2 is 1.76 bits per heavy atom. The van der Waals surface area contributed by atoms with Crippen LogP contribution in [0.25, 0.3) is 6.08 Å². The van der Waals surface area contributed by atoms with Crippen LogP contribution < -0.4 is 4.90 Å². The number of anilines is 1. The Bertz CT molecular complexity index is 826. The third-order valence-corrected chi connectivity index (χ3v) is 5.46. The minimum atomic E-state index is 0.0710. The zero-order valence-electron chi connectivity index (χ0n) is 16.7. The molecule has 0 N–H and O–H groups in total. The molecule has 6 nitrogen and oxygen atoms in total. The Morgan fingerprint density at radius 3 is 2.52 bits per heavy atom. The number of piperazine rings is 1. The molecule has 2 fully saturated rings. The van der Waals surface area contributed by atoms with Crippen LogP contribution in [-0.4, -0.2) is 79.7 Å². The SMILES string of the molecule is O=C(c1ccnc(N2CCN(C/C=C/c3ccccc3)CC2)c1)N1CCOCC1. The van der Waals surface area contributed by atoms with Crippen molar-refractivity contribution in [2.45, 2.75) is 0 Å². The highest BCUT2D eigenvalue weighted by molar-refractivity contribution is 5.94. The van der Waals surface area contributed by atoms with Crippen molar-refractivity contribution in [2.24, 2.45) is 0 Å². The maximum Gasteiger partial charge on any atom is 0.254 e. The van der Waals surface area contributed by atoms with E-state index in [-0.39, 0.29) is 5.91 Å². The number of rotatable bonds is 5. The summed E-state index contributed by atoms with van der Waals surface area (Å²) in [6.07, 6.45) is 6.15. The lowest BCUT2D eigenvalue weighted by Gasteiger charge is -2.35. The average Bonchev–Trinajstić information content (AvgIpc) is 2.80. The van der Waals surface area contributed by atoms with Gasteiger partial charge in [0.05, 0.1) is 13.2 Å². The Labute approximate surface area is 172 Å². The lowest BCUT2D eigenvalue weighted by atomic mass is 10.2. The third-order valence-electron chi connectivity index (χ3n) is 5.46. The molecule has 1 aromatic heterocycles. The first-order chi connectivity index (χ1) is 14.3. The van der Waals surface area contributed by atoms with Gasteiger partial charge in [-0.1, -0.05) is 42.5 Å². The summed E-state index contributed by atoms with van der Waals surface area (Å²) in [5.41, 5.74) is 1.95. The number of morpholine rings is 1. The maximum atomic E-state index is 12.7. The van der Waals surface area contributed by atoms with Crippen LogP contribution in [0, 0.1) is 0 Å². The van der Waals surface area contributed by atoms with Crippen molar-refractivity contribution < 1.29 is 9.53 Å². The molecule has 6 heteroatoms. The first kappa shape index (κ1) is 19.6. The minimum absolute atomic E-state index is 0.0710. The molecule has 29 heavy (non-hydrogen) atoms. The van der Waals surface area contributed by atoms with Crippen molar-refractivity contribution in [2.75, 3.05) is 63.9 Å². The molecule has 0 radical (unpaired) electrons. The number of nitrogens with zero attached hydrogens (tertiary/aromatic N) is 4. The van der Waals surface area contributed by atoms with Gasteiger partial charge in [0.2, 0.25) is 0 Å². The molecule has 0 bridgehead atoms. The highest BCUT2D eigenvalue weighted by Gasteiger charge is 2.21. The number of carbonyl (C=O) groups is 1. The van der Waals surface area contributed by atoms with Crippen LogP contribution in [0.5, 0.6) is 0 Å². The Kier molecular flexibility index (Phi) is 6.54. The summed E-state index contributed by atoms with van der Waals surface area (Å²) in [7, 11) is 0. The molecule has 3 heterocycles. The molecule has 1 amide bonds. The van der Waals surface area contributed by atoms with Gasteiger partial charge in [0, 0.05) is 57.6 Å². The van der Waals surface area contributed by atoms with Crippen LogP contribution in [0.2, 0.25) is 0 Å². The van der Waals surface area contributed by atoms with Gasteiger partial charge in [-0.25, -0.2) is 4.98 Å². The van der Waals surface area contributed by atoms with Gasteiger partial charge in [0.15, 0.2) is 0 Å². The van der Waals surface area contributed by atoms with E-state index in [1.165, 1.54) is 5.56 Å². The van der Waals surface area contributed by atoms with Crippen LogP contribution in [0.15, 0.2) is 54.7 Å². The van der Waals surface area contributed by atoms with E-state index in [0.717, 1.165) is 38.5 Å². The maximum absolute atomic E-state index is 12.7. The fourth-order valence-corrected chi connectivity index (χ4v) is 3.73. The number of carbonyl (C=O) groups excluding carboxylic acids is 1. The first-order valence-corrected chi connectivity index (χ1v) is 10.3. The number of ether oxygens (including phenoxy) is 1. The topological polar surface area (TPSA) is 48.9 Å². The fraction of sp³-hybridized carbons (Fsp3) is 0.391. The fourth-order valence-electron chi connectivity index (χ4n) is 3.73. The van der Waals surface area contributed by atoms with Gasteiger partial charge >= 0.3 is 0 Å². The van der Waals surface area contributed by atoms with Crippen LogP contribution in [0.1, 0.15) is 15.9 Å². The molecule has 0 atom stereocenters. The number of amides is 1. The van der Waals surface area contributed by atoms with E-state index in [0.29, 0.717) is 31.9 Å². The Hall–Kier alpha value is -2.70. The molecule has 0 unspecified atom stereocenters. The molecule has 1 aromatic carbocycles. The predicted molar refractivity (Wildman–Crippen MR) is 115 cm³/mol. The summed E-state index contributed by atoms with van der Waals surface area (Å²) >= 11 is 0. The Morgan fingerprint density at radius 1 is 1.00 bits per heavy atom. The van der Waals surface area contributed by atoms with Crippen molar-refractivity contribution in [3.05, 3.63) is 65.9 Å². The van der Waals surface area contributed by atoms with E-state index in [4.69, 9.17) is 4.74 Å². The highest BCUT2D eigenvalue weighted by atomic mass is 16.5. The van der Waals surface area contributed by atoms with Gasteiger partial charge in [-0.15, -0.1) is 0 Å². The molecule has 2 aliphatic heterocycles. The van der Waals surface area contributed by atoms with Crippen molar-refractivity contribution in [1.82, 2.24) is 14.8 Å². The van der Waals surface area contributed by atoms with Crippen LogP contribution in [0.3, 0.4) is 0 Å². The second-order valence-corrected chi connectivity index (χ2v) is 7.41. The molecular weight excluding hydrogens is 364 g/mol. The summed E-state index contributed by atoms with van der Waals surface area (Å²) in [5.74, 6) is 0.963. The summed E-state index contributed by atoms with van der Waals surface area (Å²) in [6, 6.07) is 14.1. The lowest BCUT2D eigenvalue weighted by molar-refractivity contribution is 0.0303. The molecule has 0 saturated carbocycles. The monoisotopic (exact) mass is 392 g/mol. The zero-order chi connectivity index (χ0) is 19.9. The number of aromatic nitrogens is 1. The average molecular weight is 393 g/mol. The normalized spacial score (nSPS) is 18.3. The van der Waals surface area contributed by atoms with Crippen LogP contribution in [0.4, 0.5) is 5.82 Å². The lowest BCUT2D eigenvalue weighted by Crippen LogP contribution is -2.46. The second kappa shape index (κ2) is 9.67. The minimum Gasteiger partial charge on any atom is -0.378 e. The van der Waals surface area contributed by atoms with Crippen molar-refractivity contribution in [3.63, 3.8) is 0 Å². The van der Waals surface area contributed by atoms with Crippen molar-refractivity contribution in [3.8, 4) is 0 Å². The zero-order valence-corrected chi connectivity index (χ0v) is 16.7. The summed E-state index contributed by atoms with van der Waals surface area (Å²) in [6.45, 7) is 7.31. The largest absolute Gasteiger partial charge is 0.378 e. The van der Waals surface area contributed by atoms with Gasteiger partial charge in [-0.3, -0.25) is 9.69 Å². The highest BCUT2D eigenvalue weighted by Crippen LogP contribution is 2.17. The van der Waals surface area contributed by atoms with Crippen LogP contribution in [-0.2, 0) is 4.74 Å². The number of hydrogen-bond donors (Lipinski definition) is 0. The molecule has 2 aliphatic rings. The number of hydrogen-bond acceptors (Lipinski definition) is 5. The standard InChI is InChI=1S/C23H28N4O2/c28-23(27-15-17-29-18-16-27)21-8-9-24-22(19-21)26-13-11-25(12-14-26)10-4-7-20-5-2-1-3-6-20/h1-9,19H,10-18H2/b7-4+. The van der Waals surface area contributed by atoms with Crippen molar-refractivity contribution >= 4 is 17.8 Å². The van der Waals surface area contributed by atoms with E-state index in [9.17, 15) is 4.79 Å². The molecular formula is C23H28N4O2. The molecule has 152 valence electrons. The molecule has 0 spiro atoms. The van der Waals surface area contributed by atoms with Gasteiger partial charge in [0.1, 0.15) is 5.82 Å². The molecule has 0 aliphatic carbocycles. The van der Waals surface area contributed by atoms with E-state index in [1.54, 1.807) is 6.20 Å². The van der Waals surface area contributed by atoms with Crippen molar-refractivity contribution in [1.29, 1.82) is 0 Å². The predicted octanol–water partition coefficient (Wildman–Crippen LogP) is 2.39. The van der Waals surface area contributed by atoms with Crippen LogP contribution >= 0.6 is 0 Å². The molecule has 2 saturated heterocycles. The molecule has 2 aromatic rings. The second-order valence-electron chi connectivity index (χ2n) is 7.41. The van der Waals surface area contributed by atoms with Gasteiger partial charge in [-0.2, -0.15) is 0 Å².